The van der Waals surface area contributed by atoms with Gasteiger partial charge < -0.3 is 4.74 Å². The number of rotatable bonds is 6. The van der Waals surface area contributed by atoms with E-state index in [-0.39, 0.29) is 0 Å². The van der Waals surface area contributed by atoms with Gasteiger partial charge in [-0.2, -0.15) is 0 Å². The standard InChI is InChI=1S/C13H24O2/c1-2-15-11-7-10-13(14)12-8-5-3-4-6-9-12/h12H,2-11H2,1H3. The first-order chi connectivity index (χ1) is 7.34. The largest absolute Gasteiger partial charge is 0.382 e. The van der Waals surface area contributed by atoms with Crippen LogP contribution in [0.5, 0.6) is 0 Å². The summed E-state index contributed by atoms with van der Waals surface area (Å²) >= 11 is 0. The van der Waals surface area contributed by atoms with Crippen molar-refractivity contribution >= 4 is 5.78 Å². The highest BCUT2D eigenvalue weighted by atomic mass is 16.5. The van der Waals surface area contributed by atoms with Crippen molar-refractivity contribution in [2.24, 2.45) is 5.92 Å². The molecule has 0 spiro atoms. The second kappa shape index (κ2) is 7.86. The van der Waals surface area contributed by atoms with Crippen molar-refractivity contribution in [1.82, 2.24) is 0 Å². The van der Waals surface area contributed by atoms with E-state index in [0.29, 0.717) is 11.7 Å². The number of carbonyl (C=O) groups excluding carboxylic acids is 1. The summed E-state index contributed by atoms with van der Waals surface area (Å²) in [7, 11) is 0. The van der Waals surface area contributed by atoms with Crippen LogP contribution in [-0.4, -0.2) is 19.0 Å². The fourth-order valence-electron chi connectivity index (χ4n) is 2.30. The van der Waals surface area contributed by atoms with Crippen molar-refractivity contribution in [3.05, 3.63) is 0 Å². The summed E-state index contributed by atoms with van der Waals surface area (Å²) in [6.45, 7) is 3.50. The average molecular weight is 212 g/mol. The van der Waals surface area contributed by atoms with Crippen LogP contribution in [0.1, 0.15) is 58.3 Å². The lowest BCUT2D eigenvalue weighted by Gasteiger charge is -2.12. The molecule has 0 heterocycles. The van der Waals surface area contributed by atoms with Gasteiger partial charge in [0.05, 0.1) is 0 Å². The molecule has 1 fully saturated rings. The van der Waals surface area contributed by atoms with Crippen LogP contribution in [0.3, 0.4) is 0 Å². The Morgan fingerprint density at radius 2 is 1.87 bits per heavy atom. The minimum absolute atomic E-state index is 0.370. The quantitative estimate of drug-likeness (QED) is 0.498. The Bertz CT molecular complexity index is 169. The van der Waals surface area contributed by atoms with Crippen LogP contribution >= 0.6 is 0 Å². The van der Waals surface area contributed by atoms with E-state index in [9.17, 15) is 4.79 Å². The molecule has 0 radical (unpaired) electrons. The van der Waals surface area contributed by atoms with Crippen LogP contribution in [0.15, 0.2) is 0 Å². The van der Waals surface area contributed by atoms with E-state index < -0.39 is 0 Å². The first-order valence-corrected chi connectivity index (χ1v) is 6.45. The maximum Gasteiger partial charge on any atom is 0.136 e. The van der Waals surface area contributed by atoms with E-state index in [1.165, 1.54) is 25.7 Å². The van der Waals surface area contributed by atoms with E-state index in [2.05, 4.69) is 0 Å². The number of hydrogen-bond acceptors (Lipinski definition) is 2. The lowest BCUT2D eigenvalue weighted by atomic mass is 9.93. The highest BCUT2D eigenvalue weighted by Gasteiger charge is 2.19. The fourth-order valence-corrected chi connectivity index (χ4v) is 2.30. The van der Waals surface area contributed by atoms with E-state index in [0.717, 1.165) is 38.9 Å². The molecular weight excluding hydrogens is 188 g/mol. The predicted molar refractivity (Wildman–Crippen MR) is 61.9 cm³/mol. The van der Waals surface area contributed by atoms with E-state index >= 15 is 0 Å². The molecule has 0 aromatic heterocycles. The third kappa shape index (κ3) is 5.31. The van der Waals surface area contributed by atoms with Crippen LogP contribution < -0.4 is 0 Å². The minimum Gasteiger partial charge on any atom is -0.382 e. The zero-order chi connectivity index (χ0) is 10.9. The summed E-state index contributed by atoms with van der Waals surface area (Å²) in [6, 6.07) is 0. The second-order valence-corrected chi connectivity index (χ2v) is 4.46. The Kier molecular flexibility index (Phi) is 6.66. The number of ether oxygens (including phenoxy) is 1. The molecule has 0 bridgehead atoms. The van der Waals surface area contributed by atoms with Crippen LogP contribution in [0.25, 0.3) is 0 Å². The molecule has 0 aromatic carbocycles. The third-order valence-corrected chi connectivity index (χ3v) is 3.23. The van der Waals surface area contributed by atoms with Gasteiger partial charge in [0.25, 0.3) is 0 Å². The van der Waals surface area contributed by atoms with E-state index in [1.807, 2.05) is 6.92 Å². The summed E-state index contributed by atoms with van der Waals surface area (Å²) in [5, 5.41) is 0. The monoisotopic (exact) mass is 212 g/mol. The maximum atomic E-state index is 11.9. The van der Waals surface area contributed by atoms with Gasteiger partial charge >= 0.3 is 0 Å². The first kappa shape index (κ1) is 12.7. The molecule has 1 aliphatic carbocycles. The predicted octanol–water partition coefficient (Wildman–Crippen LogP) is 3.34. The number of hydrogen-bond donors (Lipinski definition) is 0. The topological polar surface area (TPSA) is 26.3 Å². The zero-order valence-corrected chi connectivity index (χ0v) is 9.96. The summed E-state index contributed by atoms with van der Waals surface area (Å²) in [4.78, 5) is 11.9. The van der Waals surface area contributed by atoms with Gasteiger partial charge in [-0.15, -0.1) is 0 Å². The molecule has 0 saturated heterocycles. The molecular formula is C13H24O2. The number of ketones is 1. The van der Waals surface area contributed by atoms with E-state index in [1.54, 1.807) is 0 Å². The number of carbonyl (C=O) groups is 1. The Hall–Kier alpha value is -0.370. The van der Waals surface area contributed by atoms with Gasteiger partial charge in [0.1, 0.15) is 5.78 Å². The molecule has 0 amide bonds. The fraction of sp³-hybridized carbons (Fsp3) is 0.923. The normalized spacial score (nSPS) is 18.7. The van der Waals surface area contributed by atoms with Crippen molar-refractivity contribution in [3.8, 4) is 0 Å². The Labute approximate surface area is 93.4 Å². The van der Waals surface area contributed by atoms with Crippen molar-refractivity contribution in [1.29, 1.82) is 0 Å². The van der Waals surface area contributed by atoms with Gasteiger partial charge in [-0.25, -0.2) is 0 Å². The molecule has 15 heavy (non-hydrogen) atoms. The van der Waals surface area contributed by atoms with Crippen molar-refractivity contribution in [3.63, 3.8) is 0 Å². The SMILES string of the molecule is CCOCCCC(=O)C1CCCCCC1. The highest BCUT2D eigenvalue weighted by Crippen LogP contribution is 2.24. The Morgan fingerprint density at radius 3 is 2.47 bits per heavy atom. The van der Waals surface area contributed by atoms with Crippen LogP contribution in [0, 0.1) is 5.92 Å². The number of Topliss-reactive ketones (excluding diaryl/α,β-unsaturated/α-hetero) is 1. The molecule has 1 aliphatic rings. The summed E-state index contributed by atoms with van der Waals surface area (Å²) < 4.78 is 5.24. The van der Waals surface area contributed by atoms with E-state index in [4.69, 9.17) is 4.74 Å². The molecule has 0 aromatic rings. The minimum atomic E-state index is 0.370. The summed E-state index contributed by atoms with van der Waals surface area (Å²) in [6.07, 6.45) is 9.05. The molecule has 0 atom stereocenters. The lowest BCUT2D eigenvalue weighted by Crippen LogP contribution is -2.14. The van der Waals surface area contributed by atoms with Gasteiger partial charge in [0, 0.05) is 25.6 Å². The summed E-state index contributed by atoms with van der Waals surface area (Å²) in [5.41, 5.74) is 0. The van der Waals surface area contributed by atoms with Gasteiger partial charge in [-0.1, -0.05) is 25.7 Å². The molecule has 2 nitrogen and oxygen atoms in total. The smallest absolute Gasteiger partial charge is 0.136 e. The maximum absolute atomic E-state index is 11.9. The molecule has 0 unspecified atom stereocenters. The average Bonchev–Trinajstić information content (AvgIpc) is 2.52. The van der Waals surface area contributed by atoms with Gasteiger partial charge in [0.2, 0.25) is 0 Å². The van der Waals surface area contributed by atoms with Gasteiger partial charge in [0.15, 0.2) is 0 Å². The molecule has 0 aliphatic heterocycles. The Morgan fingerprint density at radius 1 is 1.20 bits per heavy atom. The van der Waals surface area contributed by atoms with Gasteiger partial charge in [-0.3, -0.25) is 4.79 Å². The van der Waals surface area contributed by atoms with Crippen molar-refractivity contribution < 1.29 is 9.53 Å². The molecule has 1 saturated carbocycles. The second-order valence-electron chi connectivity index (χ2n) is 4.46. The van der Waals surface area contributed by atoms with Gasteiger partial charge in [-0.05, 0) is 26.2 Å². The lowest BCUT2D eigenvalue weighted by molar-refractivity contribution is -0.123. The molecule has 1 rings (SSSR count). The molecule has 0 N–H and O–H groups in total. The first-order valence-electron chi connectivity index (χ1n) is 6.45. The zero-order valence-electron chi connectivity index (χ0n) is 9.96. The van der Waals surface area contributed by atoms with Crippen molar-refractivity contribution in [2.45, 2.75) is 58.3 Å². The molecule has 88 valence electrons. The summed E-state index contributed by atoms with van der Waals surface area (Å²) in [5.74, 6) is 0.853. The van der Waals surface area contributed by atoms with Crippen LogP contribution in [0.4, 0.5) is 0 Å². The van der Waals surface area contributed by atoms with Crippen molar-refractivity contribution in [2.75, 3.05) is 13.2 Å². The molecule has 2 heteroatoms. The van der Waals surface area contributed by atoms with Crippen LogP contribution in [0.2, 0.25) is 0 Å². The Balaban J connectivity index is 2.14. The highest BCUT2D eigenvalue weighted by molar-refractivity contribution is 5.80. The van der Waals surface area contributed by atoms with Crippen LogP contribution in [-0.2, 0) is 9.53 Å². The third-order valence-electron chi connectivity index (χ3n) is 3.23.